The van der Waals surface area contributed by atoms with Crippen molar-refractivity contribution in [1.82, 2.24) is 25.1 Å². The van der Waals surface area contributed by atoms with Crippen LogP contribution in [0.25, 0.3) is 0 Å². The first-order valence-corrected chi connectivity index (χ1v) is 25.3. The molecule has 0 spiro atoms. The number of rotatable bonds is 21. The molecule has 0 radical (unpaired) electrons. The van der Waals surface area contributed by atoms with Crippen molar-refractivity contribution in [3.05, 3.63) is 58.2 Å². The summed E-state index contributed by atoms with van der Waals surface area (Å²) >= 11 is 5.19. The minimum absolute atomic E-state index is 0.205. The number of halogens is 1. The van der Waals surface area contributed by atoms with Gasteiger partial charge in [-0.25, -0.2) is 9.59 Å². The van der Waals surface area contributed by atoms with E-state index in [0.717, 1.165) is 77.0 Å². The highest BCUT2D eigenvalue weighted by atomic mass is 35.5. The number of morpholine rings is 2. The molecular formula is C50H79ClN6O8. The summed E-state index contributed by atoms with van der Waals surface area (Å²) in [4.78, 5) is 59.6. The van der Waals surface area contributed by atoms with Crippen LogP contribution in [0, 0.1) is 0 Å². The quantitative estimate of drug-likeness (QED) is 0.0534. The van der Waals surface area contributed by atoms with Gasteiger partial charge in [0.15, 0.2) is 0 Å². The highest BCUT2D eigenvalue weighted by molar-refractivity contribution is 6.62. The second-order valence-electron chi connectivity index (χ2n) is 17.4. The van der Waals surface area contributed by atoms with Crippen molar-refractivity contribution in [2.24, 2.45) is 5.73 Å². The fraction of sp³-hybridized carbons (Fsp3) is 0.720. The van der Waals surface area contributed by atoms with E-state index in [0.29, 0.717) is 72.2 Å². The molecule has 2 saturated heterocycles. The Bertz CT molecular complexity index is 1710. The number of nitrogens with zero attached hydrogens (tertiary/aromatic N) is 4. The molecule has 2 aliphatic heterocycles. The van der Waals surface area contributed by atoms with Crippen LogP contribution in [-0.2, 0) is 67.1 Å². The summed E-state index contributed by atoms with van der Waals surface area (Å²) in [5.41, 5.74) is 13.8. The normalized spacial score (nSPS) is 16.6. The van der Waals surface area contributed by atoms with E-state index in [4.69, 9.17) is 46.3 Å². The zero-order valence-corrected chi connectivity index (χ0v) is 40.4. The number of aromatic nitrogens is 2. The highest BCUT2D eigenvalue weighted by Gasteiger charge is 2.25. The van der Waals surface area contributed by atoms with Gasteiger partial charge in [-0.3, -0.25) is 19.6 Å². The van der Waals surface area contributed by atoms with Crippen molar-refractivity contribution in [3.63, 3.8) is 0 Å². The molecule has 4 aliphatic rings. The number of amides is 3. The Morgan fingerprint density at radius 2 is 1.08 bits per heavy atom. The number of hydrogen-bond acceptors (Lipinski definition) is 11. The molecule has 0 saturated carbocycles. The van der Waals surface area contributed by atoms with Gasteiger partial charge < -0.3 is 39.8 Å². The third kappa shape index (κ3) is 21.1. The number of hydrogen-bond donors (Lipinski definition) is 2. The van der Waals surface area contributed by atoms with Crippen LogP contribution < -0.4 is 11.1 Å². The number of carbonyl (C=O) groups excluding carboxylic acids is 4. The minimum atomic E-state index is -0.579. The summed E-state index contributed by atoms with van der Waals surface area (Å²) in [5, 5.41) is 2.49. The van der Waals surface area contributed by atoms with Gasteiger partial charge in [-0.1, -0.05) is 63.5 Å². The fourth-order valence-corrected chi connectivity index (χ4v) is 8.69. The number of nitrogens with two attached hydrogens (primary N) is 1. The predicted octanol–water partition coefficient (Wildman–Crippen LogP) is 8.23. The third-order valence-electron chi connectivity index (χ3n) is 12.4. The molecule has 2 aliphatic carbocycles. The van der Waals surface area contributed by atoms with Crippen LogP contribution in [0.4, 0.5) is 9.59 Å². The molecule has 15 heteroatoms. The molecule has 4 heterocycles. The molecule has 6 rings (SSSR count). The molecule has 3 amide bonds. The number of aryl methyl sites for hydroxylation is 6. The minimum Gasteiger partial charge on any atom is -0.465 e. The van der Waals surface area contributed by atoms with Crippen LogP contribution in [0.3, 0.4) is 0 Å². The molecule has 0 unspecified atom stereocenters. The summed E-state index contributed by atoms with van der Waals surface area (Å²) in [6.45, 7) is 8.99. The number of pyridine rings is 2. The average Bonchev–Trinajstić information content (AvgIpc) is 3.33. The van der Waals surface area contributed by atoms with Crippen LogP contribution in [0.2, 0.25) is 0 Å². The van der Waals surface area contributed by atoms with Gasteiger partial charge in [-0.05, 0) is 139 Å². The molecule has 2 atom stereocenters. The van der Waals surface area contributed by atoms with Crippen molar-refractivity contribution in [1.29, 1.82) is 0 Å². The summed E-state index contributed by atoms with van der Waals surface area (Å²) in [7, 11) is 0. The van der Waals surface area contributed by atoms with Crippen molar-refractivity contribution < 1.29 is 38.1 Å². The molecule has 2 aromatic rings. The summed E-state index contributed by atoms with van der Waals surface area (Å²) < 4.78 is 20.4. The summed E-state index contributed by atoms with van der Waals surface area (Å²) in [6, 6.07) is 7.73. The van der Waals surface area contributed by atoms with Crippen molar-refractivity contribution in [2.45, 2.75) is 167 Å². The van der Waals surface area contributed by atoms with Crippen LogP contribution in [-0.4, -0.2) is 121 Å². The smallest absolute Gasteiger partial charge is 0.328 e. The van der Waals surface area contributed by atoms with Gasteiger partial charge in [0.05, 0.1) is 39.6 Å². The van der Waals surface area contributed by atoms with E-state index < -0.39 is 12.1 Å². The van der Waals surface area contributed by atoms with Crippen LogP contribution in [0.1, 0.15) is 150 Å². The molecule has 14 nitrogen and oxygen atoms in total. The number of unbranched alkanes of at least 4 members (excludes halogenated alkanes) is 8. The zero-order valence-electron chi connectivity index (χ0n) is 39.6. The number of urea groups is 1. The van der Waals surface area contributed by atoms with Crippen molar-refractivity contribution in [3.8, 4) is 0 Å². The maximum absolute atomic E-state index is 12.5. The first-order chi connectivity index (χ1) is 31.7. The Morgan fingerprint density at radius 3 is 1.57 bits per heavy atom. The van der Waals surface area contributed by atoms with Gasteiger partial charge in [0, 0.05) is 49.0 Å². The number of nitrogens with one attached hydrogen (secondary N) is 1. The molecule has 2 fully saturated rings. The van der Waals surface area contributed by atoms with Crippen LogP contribution in [0.15, 0.2) is 24.3 Å². The van der Waals surface area contributed by atoms with Gasteiger partial charge in [0.25, 0.3) is 0 Å². The Morgan fingerprint density at radius 1 is 0.631 bits per heavy atom. The second-order valence-corrected chi connectivity index (χ2v) is 17.7. The molecule has 3 N–H and O–H groups in total. The van der Waals surface area contributed by atoms with Gasteiger partial charge in [0.2, 0.25) is 0 Å². The maximum atomic E-state index is 12.5. The standard InChI is InChI=1S/C25H39N3O4.C20H32N2O2.C5H8ClNO2/c1-2-32-24(29)23(27-25(30)28-16-18-31-19-17-28)13-7-5-3-4-6-11-21-15-14-20-10-8-9-12-22(20)26-21;1-2-24-20(23)18(21)12-7-5-3-4-6-11-17-15-14-16-10-8-9-13-19(16)22-17;6-5(8)7-1-3-9-4-2-7/h14-15,23H,2-13,16-19H2,1H3,(H,27,30);14-15,18H,2-13,21H2,1H3;1-4H2/t23-;18-;/m00./s1. The first-order valence-electron chi connectivity index (χ1n) is 24.9. The van der Waals surface area contributed by atoms with E-state index in [-0.39, 0.29) is 23.3 Å². The first kappa shape index (κ1) is 53.8. The van der Waals surface area contributed by atoms with E-state index in [1.165, 1.54) is 91.7 Å². The third-order valence-corrected chi connectivity index (χ3v) is 12.6. The van der Waals surface area contributed by atoms with E-state index in [2.05, 4.69) is 29.6 Å². The van der Waals surface area contributed by atoms with E-state index in [9.17, 15) is 19.2 Å². The number of fused-ring (bicyclic) bond motifs is 2. The lowest BCUT2D eigenvalue weighted by Crippen LogP contribution is -2.51. The lowest BCUT2D eigenvalue weighted by Gasteiger charge is -2.28. The van der Waals surface area contributed by atoms with E-state index in [1.807, 2.05) is 6.92 Å². The topological polar surface area (TPSA) is 176 Å². The molecule has 65 heavy (non-hydrogen) atoms. The van der Waals surface area contributed by atoms with Gasteiger partial charge in [-0.15, -0.1) is 0 Å². The van der Waals surface area contributed by atoms with Crippen LogP contribution >= 0.6 is 11.6 Å². The van der Waals surface area contributed by atoms with Crippen molar-refractivity contribution in [2.75, 3.05) is 65.8 Å². The monoisotopic (exact) mass is 927 g/mol. The number of esters is 2. The highest BCUT2D eigenvalue weighted by Crippen LogP contribution is 2.22. The van der Waals surface area contributed by atoms with Gasteiger partial charge >= 0.3 is 23.3 Å². The number of ether oxygens (including phenoxy) is 4. The summed E-state index contributed by atoms with van der Waals surface area (Å²) in [6.07, 6.45) is 24.4. The van der Waals surface area contributed by atoms with E-state index >= 15 is 0 Å². The second kappa shape index (κ2) is 32.0. The van der Waals surface area contributed by atoms with Gasteiger partial charge in [0.1, 0.15) is 12.1 Å². The molecule has 0 aromatic carbocycles. The zero-order chi connectivity index (χ0) is 46.5. The van der Waals surface area contributed by atoms with Crippen molar-refractivity contribution >= 4 is 34.9 Å². The number of carbonyl (C=O) groups is 4. The molecule has 364 valence electrons. The van der Waals surface area contributed by atoms with Crippen LogP contribution in [0.5, 0.6) is 0 Å². The largest absolute Gasteiger partial charge is 0.465 e. The predicted molar refractivity (Wildman–Crippen MR) is 254 cm³/mol. The molecule has 2 aromatic heterocycles. The Balaban J connectivity index is 0.000000245. The lowest BCUT2D eigenvalue weighted by atomic mass is 9.95. The molecule has 0 bridgehead atoms. The SMILES string of the molecule is CCOC(=O)[C@@H](N)CCCCCCCc1ccc2c(n1)CCCC2.CCOC(=O)[C@H](CCCCCCCc1ccc2c(n1)CCCC2)NC(=O)N1CCOCC1.O=C(Cl)N1CCOCC1. The fourth-order valence-electron chi connectivity index (χ4n) is 8.52. The average molecular weight is 928 g/mol. The summed E-state index contributed by atoms with van der Waals surface area (Å²) in [5.74, 6) is -0.608. The Kier molecular flexibility index (Phi) is 26.4. The Hall–Kier alpha value is -3.85. The maximum Gasteiger partial charge on any atom is 0.328 e. The van der Waals surface area contributed by atoms with Gasteiger partial charge in [-0.2, -0.15) is 0 Å². The lowest BCUT2D eigenvalue weighted by molar-refractivity contribution is -0.146. The Labute approximate surface area is 393 Å². The molecular weight excluding hydrogens is 848 g/mol. The van der Waals surface area contributed by atoms with E-state index in [1.54, 1.807) is 16.7 Å².